The van der Waals surface area contributed by atoms with E-state index in [9.17, 15) is 0 Å². The van der Waals surface area contributed by atoms with E-state index in [1.165, 1.54) is 5.56 Å². The molecule has 0 aromatic heterocycles. The molecular weight excluding hydrogens is 212 g/mol. The molecule has 96 valence electrons. The van der Waals surface area contributed by atoms with Crippen LogP contribution < -0.4 is 15.4 Å². The third-order valence-electron chi connectivity index (χ3n) is 2.67. The number of anilines is 1. The second kappa shape index (κ2) is 7.17. The molecule has 0 radical (unpaired) electrons. The van der Waals surface area contributed by atoms with Crippen LogP contribution in [0.2, 0.25) is 0 Å². The lowest BCUT2D eigenvalue weighted by atomic mass is 10.1. The number of hydrogen-bond acceptors (Lipinski definition) is 3. The average molecular weight is 236 g/mol. The van der Waals surface area contributed by atoms with Crippen LogP contribution in [-0.2, 0) is 6.42 Å². The minimum atomic E-state index is 0.541. The van der Waals surface area contributed by atoms with Crippen molar-refractivity contribution in [1.82, 2.24) is 5.32 Å². The first-order valence-corrected chi connectivity index (χ1v) is 6.31. The smallest absolute Gasteiger partial charge is 0.122 e. The monoisotopic (exact) mass is 236 g/mol. The van der Waals surface area contributed by atoms with E-state index in [0.29, 0.717) is 6.04 Å². The van der Waals surface area contributed by atoms with E-state index in [1.807, 2.05) is 6.07 Å². The molecule has 1 aromatic rings. The van der Waals surface area contributed by atoms with Gasteiger partial charge in [0.15, 0.2) is 0 Å². The Morgan fingerprint density at radius 3 is 2.59 bits per heavy atom. The summed E-state index contributed by atoms with van der Waals surface area (Å²) in [5.41, 5.74) is 2.41. The SMILES string of the molecule is CCc1cc(NCCNC(C)C)ccc1OC. The Labute approximate surface area is 105 Å². The molecule has 0 atom stereocenters. The highest BCUT2D eigenvalue weighted by atomic mass is 16.5. The van der Waals surface area contributed by atoms with Crippen molar-refractivity contribution in [2.45, 2.75) is 33.2 Å². The number of rotatable bonds is 7. The zero-order valence-electron chi connectivity index (χ0n) is 11.3. The van der Waals surface area contributed by atoms with Crippen LogP contribution in [0.4, 0.5) is 5.69 Å². The molecule has 3 nitrogen and oxygen atoms in total. The van der Waals surface area contributed by atoms with Crippen molar-refractivity contribution < 1.29 is 4.74 Å². The van der Waals surface area contributed by atoms with Crippen molar-refractivity contribution in [1.29, 1.82) is 0 Å². The average Bonchev–Trinajstić information content (AvgIpc) is 2.34. The molecule has 0 bridgehead atoms. The first-order valence-electron chi connectivity index (χ1n) is 6.31. The van der Waals surface area contributed by atoms with Crippen LogP contribution in [0.25, 0.3) is 0 Å². The zero-order valence-corrected chi connectivity index (χ0v) is 11.3. The Kier molecular flexibility index (Phi) is 5.84. The number of benzene rings is 1. The molecule has 0 amide bonds. The van der Waals surface area contributed by atoms with E-state index in [4.69, 9.17) is 4.74 Å². The maximum Gasteiger partial charge on any atom is 0.122 e. The summed E-state index contributed by atoms with van der Waals surface area (Å²) in [5, 5.41) is 6.79. The Morgan fingerprint density at radius 2 is 2.00 bits per heavy atom. The van der Waals surface area contributed by atoms with Gasteiger partial charge >= 0.3 is 0 Å². The van der Waals surface area contributed by atoms with Gasteiger partial charge in [0.1, 0.15) is 5.75 Å². The lowest BCUT2D eigenvalue weighted by molar-refractivity contribution is 0.410. The first-order chi connectivity index (χ1) is 8.17. The van der Waals surface area contributed by atoms with Crippen molar-refractivity contribution in [3.05, 3.63) is 23.8 Å². The Hall–Kier alpha value is -1.22. The molecule has 3 heteroatoms. The highest BCUT2D eigenvalue weighted by Gasteiger charge is 2.02. The summed E-state index contributed by atoms with van der Waals surface area (Å²) in [7, 11) is 1.72. The highest BCUT2D eigenvalue weighted by Crippen LogP contribution is 2.22. The fourth-order valence-corrected chi connectivity index (χ4v) is 1.73. The number of ether oxygens (including phenoxy) is 1. The van der Waals surface area contributed by atoms with Crippen LogP contribution in [0.15, 0.2) is 18.2 Å². The Balaban J connectivity index is 2.48. The molecule has 17 heavy (non-hydrogen) atoms. The van der Waals surface area contributed by atoms with Crippen molar-refractivity contribution in [2.75, 3.05) is 25.5 Å². The summed E-state index contributed by atoms with van der Waals surface area (Å²) < 4.78 is 5.31. The van der Waals surface area contributed by atoms with Crippen LogP contribution >= 0.6 is 0 Å². The van der Waals surface area contributed by atoms with E-state index in [1.54, 1.807) is 7.11 Å². The number of aryl methyl sites for hydroxylation is 1. The van der Waals surface area contributed by atoms with Gasteiger partial charge in [-0.05, 0) is 30.2 Å². The standard InChI is InChI=1S/C14H24N2O/c1-5-12-10-13(6-7-14(12)17-4)16-9-8-15-11(2)3/h6-7,10-11,15-16H,5,8-9H2,1-4H3. The van der Waals surface area contributed by atoms with Crippen LogP contribution in [-0.4, -0.2) is 26.2 Å². The number of hydrogen-bond donors (Lipinski definition) is 2. The molecular formula is C14H24N2O. The molecule has 0 aliphatic heterocycles. The van der Waals surface area contributed by atoms with Crippen molar-refractivity contribution in [2.24, 2.45) is 0 Å². The third-order valence-corrected chi connectivity index (χ3v) is 2.67. The van der Waals surface area contributed by atoms with Crippen molar-refractivity contribution >= 4 is 5.69 Å². The van der Waals surface area contributed by atoms with Gasteiger partial charge < -0.3 is 15.4 Å². The van der Waals surface area contributed by atoms with E-state index >= 15 is 0 Å². The predicted octanol–water partition coefficient (Wildman–Crippen LogP) is 2.67. The third kappa shape index (κ3) is 4.65. The van der Waals surface area contributed by atoms with Crippen molar-refractivity contribution in [3.63, 3.8) is 0 Å². The first kappa shape index (κ1) is 13.8. The normalized spacial score (nSPS) is 10.6. The van der Waals surface area contributed by atoms with Gasteiger partial charge in [0.25, 0.3) is 0 Å². The Morgan fingerprint density at radius 1 is 1.24 bits per heavy atom. The van der Waals surface area contributed by atoms with Gasteiger partial charge in [0.05, 0.1) is 7.11 Å². The van der Waals surface area contributed by atoms with Crippen LogP contribution in [0.1, 0.15) is 26.3 Å². The topological polar surface area (TPSA) is 33.3 Å². The minimum Gasteiger partial charge on any atom is -0.496 e. The second-order valence-electron chi connectivity index (χ2n) is 4.42. The van der Waals surface area contributed by atoms with E-state index < -0.39 is 0 Å². The maximum atomic E-state index is 5.31. The van der Waals surface area contributed by atoms with E-state index in [-0.39, 0.29) is 0 Å². The van der Waals surface area contributed by atoms with E-state index in [0.717, 1.165) is 30.9 Å². The molecule has 0 fully saturated rings. The predicted molar refractivity (Wildman–Crippen MR) is 74.0 cm³/mol. The van der Waals surface area contributed by atoms with Gasteiger partial charge in [-0.1, -0.05) is 20.8 Å². The Bertz CT molecular complexity index is 337. The lowest BCUT2D eigenvalue weighted by Gasteiger charge is -2.12. The van der Waals surface area contributed by atoms with Crippen molar-refractivity contribution in [3.8, 4) is 5.75 Å². The molecule has 1 rings (SSSR count). The van der Waals surface area contributed by atoms with Gasteiger partial charge in [0, 0.05) is 24.8 Å². The molecule has 0 saturated heterocycles. The summed E-state index contributed by atoms with van der Waals surface area (Å²) in [6.07, 6.45) is 0.989. The van der Waals surface area contributed by atoms with Gasteiger partial charge in [0.2, 0.25) is 0 Å². The summed E-state index contributed by atoms with van der Waals surface area (Å²) in [5.74, 6) is 0.971. The van der Waals surface area contributed by atoms with Gasteiger partial charge in [-0.25, -0.2) is 0 Å². The van der Waals surface area contributed by atoms with E-state index in [2.05, 4.69) is 43.5 Å². The van der Waals surface area contributed by atoms with Crippen LogP contribution in [0.5, 0.6) is 5.75 Å². The summed E-state index contributed by atoms with van der Waals surface area (Å²) in [4.78, 5) is 0. The fraction of sp³-hybridized carbons (Fsp3) is 0.571. The quantitative estimate of drug-likeness (QED) is 0.714. The molecule has 1 aromatic carbocycles. The summed E-state index contributed by atoms with van der Waals surface area (Å²) in [6, 6.07) is 6.79. The van der Waals surface area contributed by atoms with Crippen LogP contribution in [0, 0.1) is 0 Å². The number of methoxy groups -OCH3 is 1. The minimum absolute atomic E-state index is 0.541. The molecule has 0 aliphatic carbocycles. The molecule has 0 heterocycles. The molecule has 0 unspecified atom stereocenters. The molecule has 2 N–H and O–H groups in total. The summed E-state index contributed by atoms with van der Waals surface area (Å²) in [6.45, 7) is 8.37. The zero-order chi connectivity index (χ0) is 12.7. The second-order valence-corrected chi connectivity index (χ2v) is 4.42. The van der Waals surface area contributed by atoms with Gasteiger partial charge in [-0.15, -0.1) is 0 Å². The largest absolute Gasteiger partial charge is 0.496 e. The summed E-state index contributed by atoms with van der Waals surface area (Å²) >= 11 is 0. The lowest BCUT2D eigenvalue weighted by Crippen LogP contribution is -2.28. The number of nitrogens with one attached hydrogen (secondary N) is 2. The van der Waals surface area contributed by atoms with Gasteiger partial charge in [-0.2, -0.15) is 0 Å². The molecule has 0 saturated carbocycles. The van der Waals surface area contributed by atoms with Gasteiger partial charge in [-0.3, -0.25) is 0 Å². The molecule has 0 aliphatic rings. The van der Waals surface area contributed by atoms with Crippen LogP contribution in [0.3, 0.4) is 0 Å². The fourth-order valence-electron chi connectivity index (χ4n) is 1.73. The highest BCUT2D eigenvalue weighted by molar-refractivity contribution is 5.51. The maximum absolute atomic E-state index is 5.31. The molecule has 0 spiro atoms.